The highest BCUT2D eigenvalue weighted by molar-refractivity contribution is 7.92. The van der Waals surface area contributed by atoms with E-state index >= 15 is 0 Å². The Bertz CT molecular complexity index is 1040. The third-order valence-electron chi connectivity index (χ3n) is 4.78. The largest absolute Gasteiger partial charge is 0.497 e. The summed E-state index contributed by atoms with van der Waals surface area (Å²) < 4.78 is 38.9. The maximum atomic E-state index is 13.0. The van der Waals surface area contributed by atoms with E-state index in [4.69, 9.17) is 9.47 Å². The molecule has 1 aliphatic rings. The highest BCUT2D eigenvalue weighted by atomic mass is 32.2. The zero-order chi connectivity index (χ0) is 21.4. The van der Waals surface area contributed by atoms with Crippen molar-refractivity contribution in [1.82, 2.24) is 0 Å². The molecule has 0 spiro atoms. The summed E-state index contributed by atoms with van der Waals surface area (Å²) in [5.41, 5.74) is 1.61. The molecule has 0 unspecified atom stereocenters. The number of hydrogen-bond donors (Lipinski definition) is 1. The second-order valence-corrected chi connectivity index (χ2v) is 9.57. The van der Waals surface area contributed by atoms with E-state index in [-0.39, 0.29) is 16.6 Å². The topological polar surface area (TPSA) is 84.9 Å². The van der Waals surface area contributed by atoms with Gasteiger partial charge in [-0.3, -0.25) is 9.52 Å². The molecule has 0 atom stereocenters. The van der Waals surface area contributed by atoms with Gasteiger partial charge in [0.15, 0.2) is 0 Å². The van der Waals surface area contributed by atoms with Crippen LogP contribution in [0.3, 0.4) is 0 Å². The second-order valence-electron chi connectivity index (χ2n) is 7.92. The first-order chi connectivity index (χ1) is 13.6. The smallest absolute Gasteiger partial charge is 0.265 e. The number of methoxy groups -OCH3 is 2. The summed E-state index contributed by atoms with van der Waals surface area (Å²) >= 11 is 0. The molecule has 0 aromatic heterocycles. The van der Waals surface area contributed by atoms with Crippen molar-refractivity contribution in [3.8, 4) is 11.5 Å². The Morgan fingerprint density at radius 3 is 2.41 bits per heavy atom. The van der Waals surface area contributed by atoms with Gasteiger partial charge in [-0.15, -0.1) is 0 Å². The monoisotopic (exact) mass is 418 g/mol. The average molecular weight is 419 g/mol. The zero-order valence-electron chi connectivity index (χ0n) is 17.3. The first-order valence-corrected chi connectivity index (χ1v) is 10.7. The maximum Gasteiger partial charge on any atom is 0.265 e. The van der Waals surface area contributed by atoms with Crippen molar-refractivity contribution >= 4 is 27.3 Å². The highest BCUT2D eigenvalue weighted by Crippen LogP contribution is 2.35. The van der Waals surface area contributed by atoms with E-state index in [1.54, 1.807) is 29.2 Å². The normalized spacial score (nSPS) is 13.8. The molecular formula is C21H26N2O5S. The SMILES string of the molecule is COc1ccc(OC)c(S(=O)(=O)Nc2ccc3c(c2)N(C(=O)C(C)(C)C)CC3)c1. The summed E-state index contributed by atoms with van der Waals surface area (Å²) in [5, 5.41) is 0. The molecule has 0 radical (unpaired) electrons. The summed E-state index contributed by atoms with van der Waals surface area (Å²) in [5.74, 6) is 0.622. The van der Waals surface area contributed by atoms with Crippen molar-refractivity contribution in [2.24, 2.45) is 5.41 Å². The van der Waals surface area contributed by atoms with Crippen LogP contribution in [0.25, 0.3) is 0 Å². The molecule has 1 aliphatic heterocycles. The Morgan fingerprint density at radius 1 is 1.07 bits per heavy atom. The predicted molar refractivity (Wildman–Crippen MR) is 112 cm³/mol. The van der Waals surface area contributed by atoms with E-state index in [0.717, 1.165) is 17.7 Å². The van der Waals surface area contributed by atoms with Gasteiger partial charge < -0.3 is 14.4 Å². The molecule has 8 heteroatoms. The molecule has 0 fully saturated rings. The van der Waals surface area contributed by atoms with Crippen LogP contribution < -0.4 is 19.1 Å². The standard InChI is InChI=1S/C21H26N2O5S/c1-21(2,3)20(24)23-11-10-14-6-7-15(12-17(14)23)22-29(25,26)19-13-16(27-4)8-9-18(19)28-5/h6-9,12-13,22H,10-11H2,1-5H3. The number of benzene rings is 2. The van der Waals surface area contributed by atoms with E-state index in [1.165, 1.54) is 20.3 Å². The number of fused-ring (bicyclic) bond motifs is 1. The molecular weight excluding hydrogens is 392 g/mol. The number of hydrogen-bond acceptors (Lipinski definition) is 5. The van der Waals surface area contributed by atoms with Gasteiger partial charge in [0.25, 0.3) is 10.0 Å². The van der Waals surface area contributed by atoms with Crippen molar-refractivity contribution in [2.75, 3.05) is 30.4 Å². The minimum Gasteiger partial charge on any atom is -0.497 e. The van der Waals surface area contributed by atoms with Crippen molar-refractivity contribution in [2.45, 2.75) is 32.1 Å². The number of sulfonamides is 1. The number of carbonyl (C=O) groups excluding carboxylic acids is 1. The quantitative estimate of drug-likeness (QED) is 0.804. The van der Waals surface area contributed by atoms with Crippen molar-refractivity contribution in [3.63, 3.8) is 0 Å². The number of anilines is 2. The molecule has 29 heavy (non-hydrogen) atoms. The van der Waals surface area contributed by atoms with E-state index in [9.17, 15) is 13.2 Å². The van der Waals surface area contributed by atoms with Crippen molar-refractivity contribution in [1.29, 1.82) is 0 Å². The number of nitrogens with zero attached hydrogens (tertiary/aromatic N) is 1. The molecule has 156 valence electrons. The minimum absolute atomic E-state index is 0.00530. The van der Waals surface area contributed by atoms with E-state index in [2.05, 4.69) is 4.72 Å². The molecule has 1 heterocycles. The van der Waals surface area contributed by atoms with Crippen molar-refractivity contribution in [3.05, 3.63) is 42.0 Å². The van der Waals surface area contributed by atoms with E-state index in [1.807, 2.05) is 26.8 Å². The number of rotatable bonds is 5. The molecule has 0 saturated carbocycles. The fourth-order valence-corrected chi connectivity index (χ4v) is 4.50. The van der Waals surface area contributed by atoms with Crippen LogP contribution in [0, 0.1) is 5.41 Å². The van der Waals surface area contributed by atoms with E-state index in [0.29, 0.717) is 18.0 Å². The fraction of sp³-hybridized carbons (Fsp3) is 0.381. The van der Waals surface area contributed by atoms with Gasteiger partial charge in [0, 0.05) is 23.7 Å². The lowest BCUT2D eigenvalue weighted by Crippen LogP contribution is -2.38. The molecule has 1 N–H and O–H groups in total. The van der Waals surface area contributed by atoms with Crippen LogP contribution in [-0.2, 0) is 21.2 Å². The summed E-state index contributed by atoms with van der Waals surface area (Å²) in [4.78, 5) is 14.5. The van der Waals surface area contributed by atoms with Crippen LogP contribution >= 0.6 is 0 Å². The third kappa shape index (κ3) is 4.17. The van der Waals surface area contributed by atoms with Gasteiger partial charge in [0.2, 0.25) is 5.91 Å². The molecule has 7 nitrogen and oxygen atoms in total. The lowest BCUT2D eigenvalue weighted by atomic mass is 9.94. The molecule has 0 aliphatic carbocycles. The van der Waals surface area contributed by atoms with Gasteiger partial charge in [-0.1, -0.05) is 26.8 Å². The van der Waals surface area contributed by atoms with Gasteiger partial charge in [0.05, 0.1) is 19.9 Å². The summed E-state index contributed by atoms with van der Waals surface area (Å²) in [7, 11) is -1.06. The van der Waals surface area contributed by atoms with Crippen LogP contribution in [0.1, 0.15) is 26.3 Å². The van der Waals surface area contributed by atoms with Crippen molar-refractivity contribution < 1.29 is 22.7 Å². The predicted octanol–water partition coefficient (Wildman–Crippen LogP) is 3.44. The van der Waals surface area contributed by atoms with E-state index < -0.39 is 15.4 Å². The first kappa shape index (κ1) is 21.0. The first-order valence-electron chi connectivity index (χ1n) is 9.26. The van der Waals surface area contributed by atoms with Gasteiger partial charge in [-0.05, 0) is 36.2 Å². The van der Waals surface area contributed by atoms with Gasteiger partial charge >= 0.3 is 0 Å². The molecule has 0 saturated heterocycles. The fourth-order valence-electron chi connectivity index (χ4n) is 3.26. The molecule has 2 aromatic carbocycles. The Morgan fingerprint density at radius 2 is 1.79 bits per heavy atom. The number of carbonyl (C=O) groups is 1. The Labute approximate surface area is 171 Å². The summed E-state index contributed by atoms with van der Waals surface area (Å²) in [6.45, 7) is 6.20. The minimum atomic E-state index is -3.93. The van der Waals surface area contributed by atoms with Gasteiger partial charge in [-0.25, -0.2) is 8.42 Å². The number of amides is 1. The average Bonchev–Trinajstić information content (AvgIpc) is 3.08. The van der Waals surface area contributed by atoms with Crippen LogP contribution in [0.2, 0.25) is 0 Å². The van der Waals surface area contributed by atoms with Crippen LogP contribution in [0.4, 0.5) is 11.4 Å². The highest BCUT2D eigenvalue weighted by Gasteiger charge is 2.32. The van der Waals surface area contributed by atoms with Crippen LogP contribution in [0.5, 0.6) is 11.5 Å². The van der Waals surface area contributed by atoms with Crippen LogP contribution in [0.15, 0.2) is 41.3 Å². The Hall–Kier alpha value is -2.74. The summed E-state index contributed by atoms with van der Waals surface area (Å²) in [6.07, 6.45) is 0.744. The third-order valence-corrected chi connectivity index (χ3v) is 6.18. The van der Waals surface area contributed by atoms with Gasteiger partial charge in [-0.2, -0.15) is 0 Å². The lowest BCUT2D eigenvalue weighted by Gasteiger charge is -2.26. The lowest BCUT2D eigenvalue weighted by molar-refractivity contribution is -0.125. The molecule has 0 bridgehead atoms. The number of ether oxygens (including phenoxy) is 2. The molecule has 2 aromatic rings. The Balaban J connectivity index is 1.95. The second kappa shape index (κ2) is 7.59. The van der Waals surface area contributed by atoms with Crippen LogP contribution in [-0.4, -0.2) is 35.1 Å². The number of nitrogens with one attached hydrogen (secondary N) is 1. The molecule has 3 rings (SSSR count). The zero-order valence-corrected chi connectivity index (χ0v) is 18.1. The molecule has 1 amide bonds. The van der Waals surface area contributed by atoms with Gasteiger partial charge in [0.1, 0.15) is 16.4 Å². The summed E-state index contributed by atoms with van der Waals surface area (Å²) in [6, 6.07) is 9.84. The Kier molecular flexibility index (Phi) is 5.49. The maximum absolute atomic E-state index is 13.0.